The van der Waals surface area contributed by atoms with Crippen molar-refractivity contribution in [3.63, 3.8) is 0 Å². The number of ether oxygens (including phenoxy) is 1. The summed E-state index contributed by atoms with van der Waals surface area (Å²) >= 11 is 0. The maximum Gasteiger partial charge on any atom is 0.417 e. The van der Waals surface area contributed by atoms with Gasteiger partial charge in [-0.2, -0.15) is 13.2 Å². The summed E-state index contributed by atoms with van der Waals surface area (Å²) in [6, 6.07) is 2.42. The standard InChI is InChI=1S/C16H22F3N3O2/c1-15(2,3)24-14(23)11-21-6-8-22(9-7-21)13-5-4-12(10-20-13)16(17,18)19/h4-5,10H,6-9,11H2,1-3H3. The molecule has 1 saturated heterocycles. The minimum absolute atomic E-state index is 0.214. The number of hydrogen-bond acceptors (Lipinski definition) is 5. The first-order valence-corrected chi connectivity index (χ1v) is 7.77. The molecule has 0 N–H and O–H groups in total. The number of rotatable bonds is 3. The predicted molar refractivity (Wildman–Crippen MR) is 83.7 cm³/mol. The summed E-state index contributed by atoms with van der Waals surface area (Å²) < 4.78 is 42.9. The van der Waals surface area contributed by atoms with E-state index in [0.717, 1.165) is 12.3 Å². The lowest BCUT2D eigenvalue weighted by atomic mass is 10.2. The van der Waals surface area contributed by atoms with Gasteiger partial charge in [0.05, 0.1) is 12.1 Å². The van der Waals surface area contributed by atoms with Gasteiger partial charge in [0.1, 0.15) is 11.4 Å². The molecule has 2 rings (SSSR count). The Labute approximate surface area is 139 Å². The van der Waals surface area contributed by atoms with Gasteiger partial charge in [-0.1, -0.05) is 0 Å². The van der Waals surface area contributed by atoms with Gasteiger partial charge in [-0.3, -0.25) is 9.69 Å². The van der Waals surface area contributed by atoms with Gasteiger partial charge in [0.25, 0.3) is 0 Å². The number of piperazine rings is 1. The Kier molecular flexibility index (Phi) is 5.37. The highest BCUT2D eigenvalue weighted by Crippen LogP contribution is 2.29. The Bertz CT molecular complexity index is 559. The van der Waals surface area contributed by atoms with Crippen molar-refractivity contribution < 1.29 is 22.7 Å². The van der Waals surface area contributed by atoms with Crippen LogP contribution in [0.25, 0.3) is 0 Å². The molecule has 1 aliphatic rings. The fourth-order valence-corrected chi connectivity index (χ4v) is 2.43. The Balaban J connectivity index is 1.85. The summed E-state index contributed by atoms with van der Waals surface area (Å²) in [5.41, 5.74) is -1.27. The lowest BCUT2D eigenvalue weighted by molar-refractivity contribution is -0.156. The molecule has 134 valence electrons. The molecule has 0 amide bonds. The highest BCUT2D eigenvalue weighted by molar-refractivity contribution is 5.72. The molecule has 0 unspecified atom stereocenters. The SMILES string of the molecule is CC(C)(C)OC(=O)CN1CCN(c2ccc(C(F)(F)F)cn2)CC1. The van der Waals surface area contributed by atoms with Crippen LogP contribution in [0.4, 0.5) is 19.0 Å². The van der Waals surface area contributed by atoms with E-state index in [4.69, 9.17) is 4.74 Å². The number of aromatic nitrogens is 1. The minimum Gasteiger partial charge on any atom is -0.459 e. The summed E-state index contributed by atoms with van der Waals surface area (Å²) in [6.07, 6.45) is -3.53. The van der Waals surface area contributed by atoms with Crippen LogP contribution in [0.5, 0.6) is 0 Å². The van der Waals surface area contributed by atoms with E-state index in [-0.39, 0.29) is 12.5 Å². The zero-order chi connectivity index (χ0) is 18.0. The summed E-state index contributed by atoms with van der Waals surface area (Å²) in [7, 11) is 0. The highest BCUT2D eigenvalue weighted by Gasteiger charge is 2.31. The summed E-state index contributed by atoms with van der Waals surface area (Å²) in [6.45, 7) is 8.12. The fourth-order valence-electron chi connectivity index (χ4n) is 2.43. The quantitative estimate of drug-likeness (QED) is 0.788. The van der Waals surface area contributed by atoms with Crippen LogP contribution in [0.2, 0.25) is 0 Å². The summed E-state index contributed by atoms with van der Waals surface area (Å²) in [4.78, 5) is 19.6. The third-order valence-electron chi connectivity index (χ3n) is 3.54. The second-order valence-corrected chi connectivity index (χ2v) is 6.75. The lowest BCUT2D eigenvalue weighted by Gasteiger charge is -2.35. The third-order valence-corrected chi connectivity index (χ3v) is 3.54. The largest absolute Gasteiger partial charge is 0.459 e. The average molecular weight is 345 g/mol. The van der Waals surface area contributed by atoms with Crippen LogP contribution in [0.1, 0.15) is 26.3 Å². The molecule has 0 radical (unpaired) electrons. The van der Waals surface area contributed by atoms with Gasteiger partial charge in [0.2, 0.25) is 0 Å². The van der Waals surface area contributed by atoms with E-state index >= 15 is 0 Å². The van der Waals surface area contributed by atoms with Gasteiger partial charge in [0, 0.05) is 32.4 Å². The monoisotopic (exact) mass is 345 g/mol. The predicted octanol–water partition coefficient (Wildman–Crippen LogP) is 2.56. The number of hydrogen-bond donors (Lipinski definition) is 0. The van der Waals surface area contributed by atoms with Gasteiger partial charge < -0.3 is 9.64 Å². The Morgan fingerprint density at radius 2 is 1.79 bits per heavy atom. The highest BCUT2D eigenvalue weighted by atomic mass is 19.4. The van der Waals surface area contributed by atoms with Crippen LogP contribution < -0.4 is 4.90 Å². The van der Waals surface area contributed by atoms with Crippen molar-refractivity contribution in [3.05, 3.63) is 23.9 Å². The summed E-state index contributed by atoms with van der Waals surface area (Å²) in [5, 5.41) is 0. The molecule has 0 spiro atoms. The number of nitrogens with zero attached hydrogens (tertiary/aromatic N) is 3. The Morgan fingerprint density at radius 3 is 2.25 bits per heavy atom. The van der Waals surface area contributed by atoms with Crippen molar-refractivity contribution in [2.45, 2.75) is 32.5 Å². The van der Waals surface area contributed by atoms with Crippen molar-refractivity contribution >= 4 is 11.8 Å². The molecule has 0 aromatic carbocycles. The average Bonchev–Trinajstić information content (AvgIpc) is 2.45. The van der Waals surface area contributed by atoms with Crippen LogP contribution in [-0.2, 0) is 15.7 Å². The molecular weight excluding hydrogens is 323 g/mol. The first kappa shape index (κ1) is 18.5. The minimum atomic E-state index is -4.38. The lowest BCUT2D eigenvalue weighted by Crippen LogP contribution is -2.48. The second-order valence-electron chi connectivity index (χ2n) is 6.75. The number of alkyl halides is 3. The van der Waals surface area contributed by atoms with E-state index in [1.165, 1.54) is 6.07 Å². The maximum absolute atomic E-state index is 12.5. The van der Waals surface area contributed by atoms with E-state index < -0.39 is 17.3 Å². The molecule has 1 fully saturated rings. The van der Waals surface area contributed by atoms with E-state index in [1.807, 2.05) is 30.6 Å². The van der Waals surface area contributed by atoms with E-state index in [0.29, 0.717) is 32.0 Å². The zero-order valence-electron chi connectivity index (χ0n) is 14.1. The third kappa shape index (κ3) is 5.36. The molecule has 8 heteroatoms. The summed E-state index contributed by atoms with van der Waals surface area (Å²) in [5.74, 6) is 0.239. The van der Waals surface area contributed by atoms with Crippen LogP contribution in [0.3, 0.4) is 0 Å². The van der Waals surface area contributed by atoms with Crippen LogP contribution in [-0.4, -0.2) is 54.2 Å². The molecular formula is C16H22F3N3O2. The molecule has 5 nitrogen and oxygen atoms in total. The number of pyridine rings is 1. The van der Waals surface area contributed by atoms with Crippen LogP contribution in [0, 0.1) is 0 Å². The molecule has 1 aromatic rings. The number of carbonyl (C=O) groups is 1. The van der Waals surface area contributed by atoms with Crippen molar-refractivity contribution in [1.29, 1.82) is 0 Å². The normalized spacial score (nSPS) is 17.0. The van der Waals surface area contributed by atoms with Crippen molar-refractivity contribution in [3.8, 4) is 0 Å². The van der Waals surface area contributed by atoms with Gasteiger partial charge in [-0.05, 0) is 32.9 Å². The van der Waals surface area contributed by atoms with Crippen LogP contribution in [0.15, 0.2) is 18.3 Å². The van der Waals surface area contributed by atoms with Gasteiger partial charge in [-0.15, -0.1) is 0 Å². The number of halogens is 3. The molecule has 0 bridgehead atoms. The van der Waals surface area contributed by atoms with E-state index in [2.05, 4.69) is 4.98 Å². The Morgan fingerprint density at radius 1 is 1.17 bits per heavy atom. The van der Waals surface area contributed by atoms with Crippen molar-refractivity contribution in [1.82, 2.24) is 9.88 Å². The number of anilines is 1. The topological polar surface area (TPSA) is 45.7 Å². The zero-order valence-corrected chi connectivity index (χ0v) is 14.1. The molecule has 1 aromatic heterocycles. The van der Waals surface area contributed by atoms with Gasteiger partial charge >= 0.3 is 12.1 Å². The van der Waals surface area contributed by atoms with Crippen molar-refractivity contribution in [2.75, 3.05) is 37.6 Å². The first-order valence-electron chi connectivity index (χ1n) is 7.77. The van der Waals surface area contributed by atoms with E-state index in [9.17, 15) is 18.0 Å². The molecule has 0 atom stereocenters. The fraction of sp³-hybridized carbons (Fsp3) is 0.625. The molecule has 24 heavy (non-hydrogen) atoms. The molecule has 2 heterocycles. The number of carbonyl (C=O) groups excluding carboxylic acids is 1. The van der Waals surface area contributed by atoms with Crippen LogP contribution >= 0.6 is 0 Å². The smallest absolute Gasteiger partial charge is 0.417 e. The number of esters is 1. The van der Waals surface area contributed by atoms with Gasteiger partial charge in [-0.25, -0.2) is 4.98 Å². The molecule has 0 saturated carbocycles. The molecule has 0 aliphatic carbocycles. The first-order chi connectivity index (χ1) is 11.0. The molecule has 1 aliphatic heterocycles. The van der Waals surface area contributed by atoms with Gasteiger partial charge in [0.15, 0.2) is 0 Å². The van der Waals surface area contributed by atoms with Crippen molar-refractivity contribution in [2.24, 2.45) is 0 Å². The van der Waals surface area contributed by atoms with E-state index in [1.54, 1.807) is 0 Å². The Hall–Kier alpha value is -1.83. The second kappa shape index (κ2) is 6.96. The maximum atomic E-state index is 12.5.